The third-order valence-electron chi connectivity index (χ3n) is 5.84. The molecule has 1 saturated carbocycles. The Balaban J connectivity index is 1.42. The number of nitrogens with one attached hydrogen (secondary N) is 3. The summed E-state index contributed by atoms with van der Waals surface area (Å²) in [5, 5.41) is 5.16. The van der Waals surface area contributed by atoms with Crippen LogP contribution in [-0.4, -0.2) is 50.1 Å². The summed E-state index contributed by atoms with van der Waals surface area (Å²) in [6.45, 7) is 6.41. The van der Waals surface area contributed by atoms with Crippen molar-refractivity contribution in [3.63, 3.8) is 0 Å². The first-order chi connectivity index (χ1) is 18.0. The Morgan fingerprint density at radius 2 is 1.92 bits per heavy atom. The average Bonchev–Trinajstić information content (AvgIpc) is 3.21. The van der Waals surface area contributed by atoms with E-state index in [0.29, 0.717) is 24.2 Å². The van der Waals surface area contributed by atoms with E-state index in [1.165, 1.54) is 13.8 Å². The normalized spacial score (nSPS) is 19.4. The maximum absolute atomic E-state index is 13.6. The number of aromatic nitrogens is 4. The van der Waals surface area contributed by atoms with E-state index in [1.54, 1.807) is 55.1 Å². The molecule has 3 aromatic rings. The molecule has 2 aromatic heterocycles. The van der Waals surface area contributed by atoms with Crippen LogP contribution >= 0.6 is 7.75 Å². The number of esters is 1. The molecule has 38 heavy (non-hydrogen) atoms. The summed E-state index contributed by atoms with van der Waals surface area (Å²) >= 11 is 0. The van der Waals surface area contributed by atoms with Crippen LogP contribution in [-0.2, 0) is 23.4 Å². The topological polar surface area (TPSA) is 167 Å². The van der Waals surface area contributed by atoms with Crippen LogP contribution in [0.25, 0.3) is 11.2 Å². The molecule has 1 aromatic carbocycles. The lowest BCUT2D eigenvalue weighted by atomic mass is 9.81. The Morgan fingerprint density at radius 3 is 2.58 bits per heavy atom. The molecule has 1 aliphatic carbocycles. The van der Waals surface area contributed by atoms with E-state index < -0.39 is 25.3 Å². The van der Waals surface area contributed by atoms with Crippen LogP contribution in [0.1, 0.15) is 46.6 Å². The van der Waals surface area contributed by atoms with Crippen molar-refractivity contribution in [2.45, 2.75) is 58.7 Å². The van der Waals surface area contributed by atoms with Crippen LogP contribution in [0.5, 0.6) is 5.75 Å². The van der Waals surface area contributed by atoms with Gasteiger partial charge in [-0.3, -0.25) is 29.2 Å². The highest BCUT2D eigenvalue weighted by Gasteiger charge is 2.37. The van der Waals surface area contributed by atoms with E-state index in [9.17, 15) is 18.9 Å². The molecule has 1 amide bonds. The number of benzene rings is 1. The summed E-state index contributed by atoms with van der Waals surface area (Å²) < 4.78 is 32.0. The molecule has 1 aliphatic rings. The van der Waals surface area contributed by atoms with Crippen LogP contribution in [0.3, 0.4) is 0 Å². The second-order valence-electron chi connectivity index (χ2n) is 9.45. The van der Waals surface area contributed by atoms with Crippen LogP contribution < -0.4 is 20.5 Å². The first-order valence-electron chi connectivity index (χ1n) is 12.2. The third-order valence-corrected chi connectivity index (χ3v) is 7.48. The second-order valence-corrected chi connectivity index (χ2v) is 11.1. The summed E-state index contributed by atoms with van der Waals surface area (Å²) in [6.07, 6.45) is 2.50. The number of hydrogen-bond acceptors (Lipinski definition) is 9. The number of rotatable bonds is 11. The lowest BCUT2D eigenvalue weighted by molar-refractivity contribution is -0.149. The van der Waals surface area contributed by atoms with Gasteiger partial charge in [0.2, 0.25) is 11.9 Å². The molecule has 1 fully saturated rings. The van der Waals surface area contributed by atoms with Gasteiger partial charge in [-0.1, -0.05) is 18.2 Å². The SMILES string of the molecule is CC(=O)Nc1nc2c(ncn2C2CC(COP(=O)(N[C@@H](C)C(=O)OC(C)C)Oc3ccccc3)C2)c(=O)[nH]1. The molecule has 0 aliphatic heterocycles. The number of imidazole rings is 1. The molecular weight excluding hydrogens is 515 g/mol. The molecule has 1 unspecified atom stereocenters. The van der Waals surface area contributed by atoms with Crippen molar-refractivity contribution in [3.8, 4) is 5.75 Å². The Kier molecular flexibility index (Phi) is 8.29. The molecule has 2 heterocycles. The number of fused-ring (bicyclic) bond motifs is 1. The van der Waals surface area contributed by atoms with Crippen molar-refractivity contribution in [1.82, 2.24) is 24.6 Å². The van der Waals surface area contributed by atoms with Gasteiger partial charge >= 0.3 is 13.7 Å². The highest BCUT2D eigenvalue weighted by molar-refractivity contribution is 7.52. The summed E-state index contributed by atoms with van der Waals surface area (Å²) in [4.78, 5) is 47.0. The molecular formula is C24H31N6O7P. The Hall–Kier alpha value is -3.54. The minimum Gasteiger partial charge on any atom is -0.462 e. The quantitative estimate of drug-likeness (QED) is 0.240. The van der Waals surface area contributed by atoms with Crippen LogP contribution in [0, 0.1) is 5.92 Å². The zero-order valence-electron chi connectivity index (χ0n) is 21.5. The molecule has 2 atom stereocenters. The van der Waals surface area contributed by atoms with Crippen LogP contribution in [0.4, 0.5) is 5.95 Å². The fraction of sp³-hybridized carbons (Fsp3) is 0.458. The van der Waals surface area contributed by atoms with Crippen molar-refractivity contribution < 1.29 is 27.9 Å². The smallest absolute Gasteiger partial charge is 0.459 e. The Bertz CT molecular complexity index is 1400. The maximum Gasteiger partial charge on any atom is 0.459 e. The Morgan fingerprint density at radius 1 is 1.21 bits per heavy atom. The fourth-order valence-corrected chi connectivity index (χ4v) is 5.59. The van der Waals surface area contributed by atoms with Gasteiger partial charge in [-0.25, -0.2) is 9.55 Å². The number of carbonyl (C=O) groups excluding carboxylic acids is 2. The van der Waals surface area contributed by atoms with Crippen LogP contribution in [0.15, 0.2) is 41.5 Å². The van der Waals surface area contributed by atoms with E-state index >= 15 is 0 Å². The zero-order valence-corrected chi connectivity index (χ0v) is 22.4. The maximum atomic E-state index is 13.6. The Labute approximate surface area is 218 Å². The predicted octanol–water partition coefficient (Wildman–Crippen LogP) is 3.16. The molecule has 204 valence electrons. The van der Waals surface area contributed by atoms with Gasteiger partial charge in [0, 0.05) is 13.0 Å². The largest absolute Gasteiger partial charge is 0.462 e. The number of carbonyl (C=O) groups is 2. The molecule has 13 nitrogen and oxygen atoms in total. The summed E-state index contributed by atoms with van der Waals surface area (Å²) in [7, 11) is -3.94. The van der Waals surface area contributed by atoms with Gasteiger partial charge in [-0.05, 0) is 51.7 Å². The molecule has 14 heteroatoms. The van der Waals surface area contributed by atoms with Gasteiger partial charge in [-0.15, -0.1) is 0 Å². The van der Waals surface area contributed by atoms with Crippen molar-refractivity contribution in [1.29, 1.82) is 0 Å². The third kappa shape index (κ3) is 6.66. The highest BCUT2D eigenvalue weighted by Crippen LogP contribution is 2.48. The van der Waals surface area contributed by atoms with Gasteiger partial charge in [0.25, 0.3) is 5.56 Å². The molecule has 0 saturated heterocycles. The number of amides is 1. The number of ether oxygens (including phenoxy) is 1. The van der Waals surface area contributed by atoms with Gasteiger partial charge in [-0.2, -0.15) is 10.1 Å². The second kappa shape index (κ2) is 11.5. The van der Waals surface area contributed by atoms with E-state index in [0.717, 1.165) is 0 Å². The predicted molar refractivity (Wildman–Crippen MR) is 139 cm³/mol. The van der Waals surface area contributed by atoms with Crippen molar-refractivity contribution in [2.24, 2.45) is 5.92 Å². The van der Waals surface area contributed by atoms with E-state index in [-0.39, 0.29) is 42.0 Å². The number of H-pyrrole nitrogens is 1. The molecule has 0 radical (unpaired) electrons. The van der Waals surface area contributed by atoms with Gasteiger partial charge < -0.3 is 13.8 Å². The van der Waals surface area contributed by atoms with Gasteiger partial charge in [0.1, 0.15) is 11.8 Å². The van der Waals surface area contributed by atoms with E-state index in [2.05, 4.69) is 25.4 Å². The minimum atomic E-state index is -3.94. The fourth-order valence-electron chi connectivity index (χ4n) is 4.02. The van der Waals surface area contributed by atoms with Gasteiger partial charge in [0.15, 0.2) is 11.2 Å². The highest BCUT2D eigenvalue weighted by atomic mass is 31.2. The monoisotopic (exact) mass is 546 g/mol. The molecule has 0 bridgehead atoms. The van der Waals surface area contributed by atoms with Gasteiger partial charge in [0.05, 0.1) is 19.0 Å². The number of para-hydroxylation sites is 1. The van der Waals surface area contributed by atoms with Crippen molar-refractivity contribution >= 4 is 36.7 Å². The molecule has 3 N–H and O–H groups in total. The lowest BCUT2D eigenvalue weighted by Crippen LogP contribution is -2.37. The van der Waals surface area contributed by atoms with Crippen molar-refractivity contribution in [2.75, 3.05) is 11.9 Å². The van der Waals surface area contributed by atoms with E-state index in [4.69, 9.17) is 13.8 Å². The summed E-state index contributed by atoms with van der Waals surface area (Å²) in [6, 6.07) is 7.60. The average molecular weight is 547 g/mol. The molecule has 0 spiro atoms. The summed E-state index contributed by atoms with van der Waals surface area (Å²) in [5.41, 5.74) is 0.0806. The first-order valence-corrected chi connectivity index (χ1v) is 13.8. The first kappa shape index (κ1) is 27.5. The number of anilines is 1. The number of hydrogen-bond donors (Lipinski definition) is 3. The van der Waals surface area contributed by atoms with Crippen LogP contribution in [0.2, 0.25) is 0 Å². The lowest BCUT2D eigenvalue weighted by Gasteiger charge is -2.36. The molecule has 4 rings (SSSR count). The number of nitrogens with zero attached hydrogens (tertiary/aromatic N) is 3. The van der Waals surface area contributed by atoms with E-state index in [1.807, 2.05) is 0 Å². The zero-order chi connectivity index (χ0) is 27.4. The van der Waals surface area contributed by atoms with Crippen molar-refractivity contribution in [3.05, 3.63) is 47.0 Å². The minimum absolute atomic E-state index is 0.0181. The summed E-state index contributed by atoms with van der Waals surface area (Å²) in [5.74, 6) is -0.525. The standard InChI is InChI=1S/C24H31N6O7P/c1-14(2)36-23(33)15(3)29-38(34,37-19-8-6-5-7-9-19)35-12-17-10-18(11-17)30-13-25-20-21(30)27-24(26-16(4)31)28-22(20)32/h5-9,13-15,17-18H,10-12H2,1-4H3,(H,29,34)(H2,26,27,28,31,32)/t15-,17?,18?,38?/m0/s1. The number of aromatic amines is 1.